The maximum absolute atomic E-state index is 8.76. The monoisotopic (exact) mass is 161 g/mol. The van der Waals surface area contributed by atoms with Crippen LogP contribution in [0.2, 0.25) is 0 Å². The number of hydrogen-bond donors (Lipinski definition) is 2. The van der Waals surface area contributed by atoms with Crippen molar-refractivity contribution < 1.29 is 10.0 Å². The molecule has 0 aromatic carbocycles. The van der Waals surface area contributed by atoms with Gasteiger partial charge in [0.15, 0.2) is 0 Å². The molecule has 0 radical (unpaired) electrons. The molecule has 1 rings (SSSR count). The molecule has 2 N–H and O–H groups in total. The lowest BCUT2D eigenvalue weighted by molar-refractivity contribution is 0.424. The van der Waals surface area contributed by atoms with Crippen molar-refractivity contribution in [2.75, 3.05) is 0 Å². The van der Waals surface area contributed by atoms with Gasteiger partial charge in [-0.25, -0.2) is 0 Å². The number of aromatic nitrogens is 1. The summed E-state index contributed by atoms with van der Waals surface area (Å²) in [6, 6.07) is 3.25. The van der Waals surface area contributed by atoms with Gasteiger partial charge in [-0.2, -0.15) is 0 Å². The summed E-state index contributed by atoms with van der Waals surface area (Å²) in [5, 5.41) is 17.5. The molecule has 1 heterocycles. The van der Waals surface area contributed by atoms with Gasteiger partial charge >= 0.3 is 7.12 Å². The van der Waals surface area contributed by atoms with Crippen LogP contribution in [0.15, 0.2) is 18.3 Å². The van der Waals surface area contributed by atoms with Crippen molar-refractivity contribution in [3.63, 3.8) is 0 Å². The molecule has 0 aliphatic heterocycles. The van der Waals surface area contributed by atoms with Crippen molar-refractivity contribution in [1.29, 1.82) is 0 Å². The zero-order valence-corrected chi connectivity index (χ0v) is 6.65. The van der Waals surface area contributed by atoms with Crippen LogP contribution in [0, 0.1) is 11.8 Å². The summed E-state index contributed by atoms with van der Waals surface area (Å²) in [5.41, 5.74) is 0.950. The molecule has 12 heavy (non-hydrogen) atoms. The first-order chi connectivity index (χ1) is 5.74. The first-order valence-corrected chi connectivity index (χ1v) is 3.49. The van der Waals surface area contributed by atoms with Gasteiger partial charge in [0.2, 0.25) is 0 Å². The predicted octanol–water partition coefficient (Wildman–Crippen LogP) is -0.867. The van der Waals surface area contributed by atoms with E-state index in [1.165, 1.54) is 6.20 Å². The van der Waals surface area contributed by atoms with E-state index in [4.69, 9.17) is 10.0 Å². The number of nitrogens with zero attached hydrogens (tertiary/aromatic N) is 1. The van der Waals surface area contributed by atoms with Crippen LogP contribution in [0.25, 0.3) is 0 Å². The lowest BCUT2D eigenvalue weighted by Gasteiger charge is -1.97. The Kier molecular flexibility index (Phi) is 2.86. The molecule has 0 atom stereocenters. The van der Waals surface area contributed by atoms with Crippen LogP contribution in [-0.4, -0.2) is 22.2 Å². The zero-order chi connectivity index (χ0) is 8.97. The summed E-state index contributed by atoms with van der Waals surface area (Å²) in [6.07, 6.45) is 1.49. The van der Waals surface area contributed by atoms with Crippen molar-refractivity contribution in [1.82, 2.24) is 4.98 Å². The highest BCUT2D eigenvalue weighted by atomic mass is 16.4. The van der Waals surface area contributed by atoms with Gasteiger partial charge in [0, 0.05) is 11.8 Å². The predicted molar refractivity (Wildman–Crippen MR) is 46.6 cm³/mol. The third-order valence-corrected chi connectivity index (χ3v) is 1.31. The highest BCUT2D eigenvalue weighted by Gasteiger charge is 2.11. The van der Waals surface area contributed by atoms with Crippen LogP contribution in [0.1, 0.15) is 12.5 Å². The van der Waals surface area contributed by atoms with Crippen molar-refractivity contribution in [3.8, 4) is 11.8 Å². The molecule has 0 aliphatic carbocycles. The lowest BCUT2D eigenvalue weighted by Crippen LogP contribution is -2.32. The van der Waals surface area contributed by atoms with E-state index in [2.05, 4.69) is 16.8 Å². The molecule has 0 fully saturated rings. The normalized spacial score (nSPS) is 8.58. The molecule has 1 aromatic heterocycles. The Bertz CT molecular complexity index is 327. The van der Waals surface area contributed by atoms with Crippen LogP contribution >= 0.6 is 0 Å². The summed E-state index contributed by atoms with van der Waals surface area (Å²) in [7, 11) is -1.52. The van der Waals surface area contributed by atoms with Gasteiger partial charge in [-0.3, -0.25) is 4.98 Å². The molecule has 0 saturated carbocycles. The third-order valence-electron chi connectivity index (χ3n) is 1.31. The van der Waals surface area contributed by atoms with Gasteiger partial charge < -0.3 is 10.0 Å². The Hall–Kier alpha value is -1.31. The molecule has 4 heteroatoms. The fourth-order valence-corrected chi connectivity index (χ4v) is 0.812. The molecule has 1 aromatic rings. The van der Waals surface area contributed by atoms with Crippen molar-refractivity contribution in [3.05, 3.63) is 23.9 Å². The SMILES string of the molecule is CC#Cc1ccnc(B(O)O)c1. The average molecular weight is 161 g/mol. The van der Waals surface area contributed by atoms with Gasteiger partial charge in [0.25, 0.3) is 0 Å². The van der Waals surface area contributed by atoms with Crippen LogP contribution in [0.5, 0.6) is 0 Å². The Morgan fingerprint density at radius 3 is 2.83 bits per heavy atom. The molecule has 0 spiro atoms. The smallest absolute Gasteiger partial charge is 0.422 e. The largest absolute Gasteiger partial charge is 0.508 e. The Morgan fingerprint density at radius 2 is 2.25 bits per heavy atom. The minimum absolute atomic E-state index is 0.218. The second kappa shape index (κ2) is 3.91. The fourth-order valence-electron chi connectivity index (χ4n) is 0.812. The van der Waals surface area contributed by atoms with Crippen LogP contribution in [0.3, 0.4) is 0 Å². The molecule has 0 saturated heterocycles. The van der Waals surface area contributed by atoms with Gasteiger partial charge in [-0.1, -0.05) is 5.92 Å². The van der Waals surface area contributed by atoms with E-state index < -0.39 is 7.12 Å². The first-order valence-electron chi connectivity index (χ1n) is 3.49. The maximum Gasteiger partial charge on any atom is 0.508 e. The van der Waals surface area contributed by atoms with E-state index in [1.54, 1.807) is 19.1 Å². The summed E-state index contributed by atoms with van der Waals surface area (Å²) in [5.74, 6) is 5.50. The van der Waals surface area contributed by atoms with Crippen LogP contribution < -0.4 is 5.59 Å². The van der Waals surface area contributed by atoms with E-state index in [9.17, 15) is 0 Å². The third kappa shape index (κ3) is 2.09. The summed E-state index contributed by atoms with van der Waals surface area (Å²) >= 11 is 0. The Labute approximate surface area is 71.2 Å². The maximum atomic E-state index is 8.76. The molecular weight excluding hydrogens is 153 g/mol. The van der Waals surface area contributed by atoms with E-state index >= 15 is 0 Å². The molecule has 0 unspecified atom stereocenters. The van der Waals surface area contributed by atoms with Gasteiger partial charge in [0.05, 0.1) is 5.59 Å². The van der Waals surface area contributed by atoms with E-state index in [0.717, 1.165) is 5.56 Å². The molecular formula is C8H8BNO2. The quantitative estimate of drug-likeness (QED) is 0.416. The topological polar surface area (TPSA) is 53.4 Å². The van der Waals surface area contributed by atoms with Gasteiger partial charge in [-0.05, 0) is 19.1 Å². The van der Waals surface area contributed by atoms with Gasteiger partial charge in [0.1, 0.15) is 0 Å². The summed E-state index contributed by atoms with van der Waals surface area (Å²) in [6.45, 7) is 1.72. The standard InChI is InChI=1S/C8H8BNO2/c1-2-3-7-4-5-10-8(6-7)9(11)12/h4-6,11-12H,1H3. The number of hydrogen-bond acceptors (Lipinski definition) is 3. The lowest BCUT2D eigenvalue weighted by atomic mass is 9.85. The van der Waals surface area contributed by atoms with Crippen molar-refractivity contribution >= 4 is 12.7 Å². The fraction of sp³-hybridized carbons (Fsp3) is 0.125. The second-order valence-electron chi connectivity index (χ2n) is 2.22. The highest BCUT2D eigenvalue weighted by Crippen LogP contribution is 1.91. The minimum Gasteiger partial charge on any atom is -0.422 e. The summed E-state index contributed by atoms with van der Waals surface area (Å²) < 4.78 is 0. The number of pyridine rings is 1. The minimum atomic E-state index is -1.52. The van der Waals surface area contributed by atoms with Crippen molar-refractivity contribution in [2.45, 2.75) is 6.92 Å². The Morgan fingerprint density at radius 1 is 1.50 bits per heavy atom. The first kappa shape index (κ1) is 8.79. The van der Waals surface area contributed by atoms with E-state index in [1.807, 2.05) is 0 Å². The molecule has 0 amide bonds. The van der Waals surface area contributed by atoms with Crippen LogP contribution in [-0.2, 0) is 0 Å². The summed E-state index contributed by atoms with van der Waals surface area (Å²) in [4.78, 5) is 3.75. The Balaban J connectivity index is 3.01. The molecule has 60 valence electrons. The van der Waals surface area contributed by atoms with Crippen molar-refractivity contribution in [2.24, 2.45) is 0 Å². The van der Waals surface area contributed by atoms with Crippen LogP contribution in [0.4, 0.5) is 0 Å². The van der Waals surface area contributed by atoms with E-state index in [0.29, 0.717) is 0 Å². The molecule has 0 bridgehead atoms. The average Bonchev–Trinajstić information content (AvgIpc) is 2.05. The van der Waals surface area contributed by atoms with E-state index in [-0.39, 0.29) is 5.59 Å². The highest BCUT2D eigenvalue weighted by molar-refractivity contribution is 6.57. The zero-order valence-electron chi connectivity index (χ0n) is 6.65. The second-order valence-corrected chi connectivity index (χ2v) is 2.22. The number of rotatable bonds is 1. The molecule has 3 nitrogen and oxygen atoms in total. The molecule has 0 aliphatic rings. The van der Waals surface area contributed by atoms with Gasteiger partial charge in [-0.15, -0.1) is 5.92 Å².